The van der Waals surface area contributed by atoms with Crippen LogP contribution in [-0.2, 0) is 6.42 Å². The van der Waals surface area contributed by atoms with Crippen molar-refractivity contribution < 1.29 is 4.39 Å². The van der Waals surface area contributed by atoms with E-state index in [9.17, 15) is 4.39 Å². The van der Waals surface area contributed by atoms with Crippen molar-refractivity contribution in [2.75, 3.05) is 6.67 Å². The minimum Gasteiger partial charge on any atom is -0.251 e. The average Bonchev–Trinajstić information content (AvgIpc) is 2.80. The molecular formula is C29H45F. The van der Waals surface area contributed by atoms with Crippen molar-refractivity contribution in [1.29, 1.82) is 0 Å². The normalized spacial score (nSPS) is 27.5. The van der Waals surface area contributed by atoms with Gasteiger partial charge in [-0.15, -0.1) is 0 Å². The van der Waals surface area contributed by atoms with Crippen LogP contribution in [0.25, 0.3) is 0 Å². The molecule has 0 amide bonds. The second kappa shape index (κ2) is 13.3. The van der Waals surface area contributed by atoms with Crippen molar-refractivity contribution in [3.8, 4) is 0 Å². The van der Waals surface area contributed by atoms with Crippen LogP contribution in [0.1, 0.15) is 114 Å². The lowest BCUT2D eigenvalue weighted by Gasteiger charge is -2.31. The van der Waals surface area contributed by atoms with Gasteiger partial charge in [0.05, 0.1) is 6.67 Å². The molecule has 1 aromatic carbocycles. The second-order valence-electron chi connectivity index (χ2n) is 10.2. The standard InChI is InChI=1S/C29H45F/c1-2-3-4-7-25-15-19-28(20-16-25)29-21-17-27(18-22-29)14-13-26-11-9-24(10-12-26)8-5-6-23-30/h5,8,15-16,19-20,24,26-27,29H,2-4,6-7,9-14,17-18,21-23H2,1H3/b8-5+. The van der Waals surface area contributed by atoms with Gasteiger partial charge in [-0.3, -0.25) is 4.39 Å². The first kappa shape index (κ1) is 23.6. The highest BCUT2D eigenvalue weighted by Gasteiger charge is 2.24. The number of halogens is 1. The van der Waals surface area contributed by atoms with E-state index in [0.717, 1.165) is 23.7 Å². The molecule has 0 saturated heterocycles. The molecule has 0 aromatic heterocycles. The molecule has 2 aliphatic rings. The smallest absolute Gasteiger partial charge is 0.0928 e. The fraction of sp³-hybridized carbons (Fsp3) is 0.724. The van der Waals surface area contributed by atoms with Gasteiger partial charge < -0.3 is 0 Å². The molecule has 3 rings (SSSR count). The molecule has 2 fully saturated rings. The van der Waals surface area contributed by atoms with Crippen molar-refractivity contribution in [3.63, 3.8) is 0 Å². The van der Waals surface area contributed by atoms with Gasteiger partial charge in [-0.05, 0) is 105 Å². The van der Waals surface area contributed by atoms with E-state index in [1.54, 1.807) is 5.56 Å². The Kier molecular flexibility index (Phi) is 10.5. The van der Waals surface area contributed by atoms with E-state index in [1.165, 1.54) is 95.5 Å². The van der Waals surface area contributed by atoms with Gasteiger partial charge in [0, 0.05) is 0 Å². The van der Waals surface area contributed by atoms with Crippen LogP contribution in [-0.4, -0.2) is 6.67 Å². The third kappa shape index (κ3) is 7.86. The van der Waals surface area contributed by atoms with E-state index >= 15 is 0 Å². The molecular weight excluding hydrogens is 367 g/mol. The number of hydrogen-bond donors (Lipinski definition) is 0. The van der Waals surface area contributed by atoms with E-state index in [2.05, 4.69) is 43.3 Å². The largest absolute Gasteiger partial charge is 0.251 e. The molecule has 0 heterocycles. The molecule has 2 aliphatic carbocycles. The van der Waals surface area contributed by atoms with Crippen LogP contribution in [0.4, 0.5) is 4.39 Å². The van der Waals surface area contributed by atoms with Gasteiger partial charge >= 0.3 is 0 Å². The first-order valence-corrected chi connectivity index (χ1v) is 13.1. The Morgan fingerprint density at radius 2 is 1.47 bits per heavy atom. The second-order valence-corrected chi connectivity index (χ2v) is 10.2. The molecule has 0 N–H and O–H groups in total. The van der Waals surface area contributed by atoms with E-state index in [0.29, 0.717) is 6.42 Å². The Bertz CT molecular complexity index is 585. The number of unbranched alkanes of at least 4 members (excludes halogenated alkanes) is 2. The molecule has 0 aliphatic heterocycles. The van der Waals surface area contributed by atoms with Crippen molar-refractivity contribution >= 4 is 0 Å². The van der Waals surface area contributed by atoms with Crippen LogP contribution >= 0.6 is 0 Å². The average molecular weight is 413 g/mol. The van der Waals surface area contributed by atoms with Crippen LogP contribution < -0.4 is 0 Å². The van der Waals surface area contributed by atoms with Gasteiger partial charge in [-0.1, -0.05) is 69.0 Å². The zero-order valence-electron chi connectivity index (χ0n) is 19.5. The summed E-state index contributed by atoms with van der Waals surface area (Å²) in [4.78, 5) is 0. The number of alkyl halides is 1. The third-order valence-electron chi connectivity index (χ3n) is 7.93. The summed E-state index contributed by atoms with van der Waals surface area (Å²) in [5.74, 6) is 3.45. The molecule has 0 radical (unpaired) electrons. The van der Waals surface area contributed by atoms with Crippen molar-refractivity contribution in [1.82, 2.24) is 0 Å². The monoisotopic (exact) mass is 412 g/mol. The number of rotatable bonds is 11. The number of allylic oxidation sites excluding steroid dienone is 2. The summed E-state index contributed by atoms with van der Waals surface area (Å²) < 4.78 is 12.2. The summed E-state index contributed by atoms with van der Waals surface area (Å²) in [6.45, 7) is 2.07. The molecule has 168 valence electrons. The van der Waals surface area contributed by atoms with Gasteiger partial charge in [-0.25, -0.2) is 0 Å². The van der Waals surface area contributed by atoms with E-state index in [4.69, 9.17) is 0 Å². The first-order valence-electron chi connectivity index (χ1n) is 13.1. The Hall–Kier alpha value is -1.11. The van der Waals surface area contributed by atoms with Gasteiger partial charge in [-0.2, -0.15) is 0 Å². The van der Waals surface area contributed by atoms with Crippen LogP contribution in [0.3, 0.4) is 0 Å². The number of aryl methyl sites for hydroxylation is 1. The maximum atomic E-state index is 12.2. The number of hydrogen-bond acceptors (Lipinski definition) is 0. The topological polar surface area (TPSA) is 0 Å². The Morgan fingerprint density at radius 1 is 0.833 bits per heavy atom. The summed E-state index contributed by atoms with van der Waals surface area (Å²) in [5.41, 5.74) is 3.11. The van der Waals surface area contributed by atoms with Gasteiger partial charge in [0.1, 0.15) is 0 Å². The first-order chi connectivity index (χ1) is 14.8. The lowest BCUT2D eigenvalue weighted by atomic mass is 9.74. The highest BCUT2D eigenvalue weighted by molar-refractivity contribution is 5.26. The van der Waals surface area contributed by atoms with E-state index in [1.807, 2.05) is 0 Å². The van der Waals surface area contributed by atoms with Crippen LogP contribution in [0.15, 0.2) is 36.4 Å². The van der Waals surface area contributed by atoms with E-state index < -0.39 is 0 Å². The fourth-order valence-electron chi connectivity index (χ4n) is 5.81. The molecule has 2 saturated carbocycles. The molecule has 0 nitrogen and oxygen atoms in total. The molecule has 0 atom stereocenters. The zero-order valence-corrected chi connectivity index (χ0v) is 19.5. The summed E-state index contributed by atoms with van der Waals surface area (Å²) in [6.07, 6.45) is 24.2. The van der Waals surface area contributed by atoms with Crippen molar-refractivity contribution in [3.05, 3.63) is 47.5 Å². The predicted molar refractivity (Wildman–Crippen MR) is 129 cm³/mol. The Balaban J connectivity index is 1.31. The molecule has 0 bridgehead atoms. The minimum atomic E-state index is -0.210. The lowest BCUT2D eigenvalue weighted by Crippen LogP contribution is -2.17. The maximum absolute atomic E-state index is 12.2. The maximum Gasteiger partial charge on any atom is 0.0928 e. The predicted octanol–water partition coefficient (Wildman–Crippen LogP) is 9.20. The highest BCUT2D eigenvalue weighted by Crippen LogP contribution is 2.40. The van der Waals surface area contributed by atoms with Crippen LogP contribution in [0.5, 0.6) is 0 Å². The minimum absolute atomic E-state index is 0.210. The van der Waals surface area contributed by atoms with Crippen LogP contribution in [0.2, 0.25) is 0 Å². The van der Waals surface area contributed by atoms with Crippen molar-refractivity contribution in [2.24, 2.45) is 17.8 Å². The molecule has 0 spiro atoms. The lowest BCUT2D eigenvalue weighted by molar-refractivity contribution is 0.246. The fourth-order valence-corrected chi connectivity index (χ4v) is 5.81. The summed E-state index contributed by atoms with van der Waals surface area (Å²) in [7, 11) is 0. The summed E-state index contributed by atoms with van der Waals surface area (Å²) in [5, 5.41) is 0. The molecule has 1 heteroatoms. The number of benzene rings is 1. The Labute approximate surface area is 185 Å². The summed E-state index contributed by atoms with van der Waals surface area (Å²) >= 11 is 0. The van der Waals surface area contributed by atoms with E-state index in [-0.39, 0.29) is 6.67 Å². The van der Waals surface area contributed by atoms with Gasteiger partial charge in [0.25, 0.3) is 0 Å². The quantitative estimate of drug-likeness (QED) is 0.251. The zero-order chi connectivity index (χ0) is 21.0. The molecule has 0 unspecified atom stereocenters. The third-order valence-corrected chi connectivity index (χ3v) is 7.93. The van der Waals surface area contributed by atoms with Gasteiger partial charge in [0.2, 0.25) is 0 Å². The molecule has 1 aromatic rings. The van der Waals surface area contributed by atoms with Crippen LogP contribution in [0, 0.1) is 17.8 Å². The Morgan fingerprint density at radius 3 is 2.07 bits per heavy atom. The summed E-state index contributed by atoms with van der Waals surface area (Å²) in [6, 6.07) is 9.62. The highest BCUT2D eigenvalue weighted by atomic mass is 19.1. The molecule has 30 heavy (non-hydrogen) atoms. The SMILES string of the molecule is CCCCCc1ccc(C2CCC(CCC3CCC(/C=C/CCF)CC3)CC2)cc1. The van der Waals surface area contributed by atoms with Gasteiger partial charge in [0.15, 0.2) is 0 Å². The van der Waals surface area contributed by atoms with Crippen molar-refractivity contribution in [2.45, 2.75) is 109 Å².